The first-order chi connectivity index (χ1) is 10.7. The van der Waals surface area contributed by atoms with Gasteiger partial charge in [0.05, 0.1) is 19.3 Å². The van der Waals surface area contributed by atoms with Gasteiger partial charge < -0.3 is 19.7 Å². The van der Waals surface area contributed by atoms with Gasteiger partial charge in [0.25, 0.3) is 0 Å². The minimum absolute atomic E-state index is 0.195. The van der Waals surface area contributed by atoms with E-state index in [0.29, 0.717) is 18.4 Å². The largest absolute Gasteiger partial charge is 0.396 e. The average Bonchev–Trinajstić information content (AvgIpc) is 3.16. The predicted molar refractivity (Wildman–Crippen MR) is 84.3 cm³/mol. The first-order valence-electron chi connectivity index (χ1n) is 8.98. The molecule has 2 N–H and O–H groups in total. The van der Waals surface area contributed by atoms with Gasteiger partial charge in [-0.3, -0.25) is 0 Å². The molecule has 0 aromatic carbocycles. The molecule has 0 bridgehead atoms. The maximum atomic E-state index is 10.3. The molecule has 0 unspecified atom stereocenters. The summed E-state index contributed by atoms with van der Waals surface area (Å²) in [6.45, 7) is 1.74. The van der Waals surface area contributed by atoms with Crippen molar-refractivity contribution < 1.29 is 19.7 Å². The van der Waals surface area contributed by atoms with Crippen molar-refractivity contribution in [1.82, 2.24) is 0 Å². The number of allylic oxidation sites excluding steroid dienone is 1. The zero-order valence-electron chi connectivity index (χ0n) is 13.5. The van der Waals surface area contributed by atoms with Crippen molar-refractivity contribution in [3.8, 4) is 0 Å². The Bertz CT molecular complexity index is 375. The van der Waals surface area contributed by atoms with Crippen LogP contribution in [-0.2, 0) is 9.47 Å². The quantitative estimate of drug-likeness (QED) is 0.560. The molecule has 0 aromatic heterocycles. The van der Waals surface area contributed by atoms with Gasteiger partial charge in [0.2, 0.25) is 0 Å². The third-order valence-corrected chi connectivity index (χ3v) is 5.66. The molecule has 3 aliphatic rings. The van der Waals surface area contributed by atoms with Crippen LogP contribution in [0.5, 0.6) is 0 Å². The van der Waals surface area contributed by atoms with Crippen molar-refractivity contribution in [3.63, 3.8) is 0 Å². The van der Waals surface area contributed by atoms with Gasteiger partial charge in [-0.2, -0.15) is 0 Å². The molecule has 3 rings (SSSR count). The van der Waals surface area contributed by atoms with Crippen LogP contribution in [0.25, 0.3) is 0 Å². The molecule has 0 radical (unpaired) electrons. The zero-order chi connectivity index (χ0) is 15.4. The number of hydrogen-bond acceptors (Lipinski definition) is 4. The van der Waals surface area contributed by atoms with Crippen LogP contribution >= 0.6 is 0 Å². The van der Waals surface area contributed by atoms with E-state index in [1.807, 2.05) is 0 Å². The fourth-order valence-electron chi connectivity index (χ4n) is 4.61. The van der Waals surface area contributed by atoms with E-state index in [2.05, 4.69) is 12.2 Å². The first-order valence-corrected chi connectivity index (χ1v) is 8.98. The highest BCUT2D eigenvalue weighted by Gasteiger charge is 2.55. The van der Waals surface area contributed by atoms with Crippen LogP contribution in [0, 0.1) is 17.8 Å². The Labute approximate surface area is 133 Å². The van der Waals surface area contributed by atoms with Crippen LogP contribution in [0.15, 0.2) is 12.2 Å². The fraction of sp³-hybridized carbons (Fsp3) is 0.889. The molecule has 2 aliphatic carbocycles. The minimum Gasteiger partial charge on any atom is -0.396 e. The SMILES string of the molecule is OCCCCCCC=C[C@@H]1[C@H]2CC3(C[C@H]2C[C@H]1O)OCCO3. The highest BCUT2D eigenvalue weighted by molar-refractivity contribution is 5.08. The summed E-state index contributed by atoms with van der Waals surface area (Å²) in [5.74, 6) is 1.01. The summed E-state index contributed by atoms with van der Waals surface area (Å²) >= 11 is 0. The minimum atomic E-state index is -0.328. The van der Waals surface area contributed by atoms with Crippen LogP contribution in [0.1, 0.15) is 51.4 Å². The molecule has 0 amide bonds. The Kier molecular flexibility index (Phi) is 5.55. The van der Waals surface area contributed by atoms with Gasteiger partial charge in [-0.25, -0.2) is 0 Å². The van der Waals surface area contributed by atoms with Crippen molar-refractivity contribution in [1.29, 1.82) is 0 Å². The van der Waals surface area contributed by atoms with E-state index in [9.17, 15) is 5.11 Å². The molecule has 1 heterocycles. The lowest BCUT2D eigenvalue weighted by Gasteiger charge is -2.25. The summed E-state index contributed by atoms with van der Waals surface area (Å²) in [5, 5.41) is 19.1. The second-order valence-corrected chi connectivity index (χ2v) is 7.17. The normalized spacial score (nSPS) is 36.6. The number of ether oxygens (including phenoxy) is 2. The summed E-state index contributed by atoms with van der Waals surface area (Å²) in [7, 11) is 0. The standard InChI is InChI=1S/C18H30O4/c19-8-6-4-2-1-3-5-7-15-16-13-18(21-9-10-22-18)12-14(16)11-17(15)20/h5,7,14-17,19-20H,1-4,6,8-13H2/t14-,15-,16+,17-/m1/s1. The van der Waals surface area contributed by atoms with Crippen molar-refractivity contribution in [2.24, 2.45) is 17.8 Å². The van der Waals surface area contributed by atoms with E-state index in [1.54, 1.807) is 0 Å². The van der Waals surface area contributed by atoms with Crippen LogP contribution in [0.4, 0.5) is 0 Å². The highest BCUT2D eigenvalue weighted by Crippen LogP contribution is 2.54. The molecule has 4 heteroatoms. The van der Waals surface area contributed by atoms with Crippen LogP contribution in [0.3, 0.4) is 0 Å². The second-order valence-electron chi connectivity index (χ2n) is 7.17. The Morgan fingerprint density at radius 1 is 1.05 bits per heavy atom. The monoisotopic (exact) mass is 310 g/mol. The molecule has 0 aromatic rings. The molecule has 2 saturated carbocycles. The van der Waals surface area contributed by atoms with E-state index >= 15 is 0 Å². The summed E-state index contributed by atoms with van der Waals surface area (Å²) in [4.78, 5) is 0. The predicted octanol–water partition coefficient (Wildman–Crippen LogP) is 2.64. The first kappa shape index (κ1) is 16.4. The third kappa shape index (κ3) is 3.56. The lowest BCUT2D eigenvalue weighted by molar-refractivity contribution is -0.157. The number of fused-ring (bicyclic) bond motifs is 1. The molecular formula is C18H30O4. The molecule has 126 valence electrons. The van der Waals surface area contributed by atoms with Crippen LogP contribution < -0.4 is 0 Å². The number of rotatable bonds is 7. The van der Waals surface area contributed by atoms with Crippen LogP contribution in [-0.4, -0.2) is 41.9 Å². The lowest BCUT2D eigenvalue weighted by Crippen LogP contribution is -2.29. The van der Waals surface area contributed by atoms with Gasteiger partial charge >= 0.3 is 0 Å². The van der Waals surface area contributed by atoms with Crippen molar-refractivity contribution >= 4 is 0 Å². The smallest absolute Gasteiger partial charge is 0.169 e. The average molecular weight is 310 g/mol. The van der Waals surface area contributed by atoms with Gasteiger partial charge in [-0.05, 0) is 37.5 Å². The van der Waals surface area contributed by atoms with Gasteiger partial charge in [0, 0.05) is 25.4 Å². The van der Waals surface area contributed by atoms with Crippen LogP contribution in [0.2, 0.25) is 0 Å². The third-order valence-electron chi connectivity index (χ3n) is 5.66. The van der Waals surface area contributed by atoms with Crippen molar-refractivity contribution in [3.05, 3.63) is 12.2 Å². The molecule has 1 aliphatic heterocycles. The number of unbranched alkanes of at least 4 members (excludes halogenated alkanes) is 4. The van der Waals surface area contributed by atoms with Gasteiger partial charge in [-0.15, -0.1) is 0 Å². The van der Waals surface area contributed by atoms with Crippen molar-refractivity contribution in [2.45, 2.75) is 63.3 Å². The highest BCUT2D eigenvalue weighted by atomic mass is 16.7. The molecule has 3 fully saturated rings. The summed E-state index contributed by atoms with van der Waals surface area (Å²) in [6.07, 6.45) is 12.5. The maximum Gasteiger partial charge on any atom is 0.169 e. The zero-order valence-corrected chi connectivity index (χ0v) is 13.5. The van der Waals surface area contributed by atoms with Gasteiger partial charge in [-0.1, -0.05) is 25.0 Å². The lowest BCUT2D eigenvalue weighted by atomic mass is 9.90. The number of aliphatic hydroxyl groups is 2. The number of aliphatic hydroxyl groups excluding tert-OH is 2. The molecular weight excluding hydrogens is 280 g/mol. The van der Waals surface area contributed by atoms with E-state index in [-0.39, 0.29) is 17.8 Å². The Balaban J connectivity index is 1.46. The maximum absolute atomic E-state index is 10.3. The molecule has 4 atom stereocenters. The molecule has 4 nitrogen and oxygen atoms in total. The van der Waals surface area contributed by atoms with E-state index in [4.69, 9.17) is 14.6 Å². The second kappa shape index (κ2) is 7.43. The Morgan fingerprint density at radius 3 is 2.59 bits per heavy atom. The topological polar surface area (TPSA) is 58.9 Å². The summed E-state index contributed by atoms with van der Waals surface area (Å²) in [5.41, 5.74) is 0. The number of hydrogen-bond donors (Lipinski definition) is 2. The molecule has 1 saturated heterocycles. The van der Waals surface area contributed by atoms with Gasteiger partial charge in [0.1, 0.15) is 0 Å². The summed E-state index contributed by atoms with van der Waals surface area (Å²) < 4.78 is 11.7. The molecule has 1 spiro atoms. The Morgan fingerprint density at radius 2 is 1.82 bits per heavy atom. The van der Waals surface area contributed by atoms with E-state index in [0.717, 1.165) is 51.7 Å². The Hall–Kier alpha value is -0.420. The summed E-state index contributed by atoms with van der Waals surface area (Å²) in [6, 6.07) is 0. The molecule has 22 heavy (non-hydrogen) atoms. The van der Waals surface area contributed by atoms with Crippen molar-refractivity contribution in [2.75, 3.05) is 19.8 Å². The van der Waals surface area contributed by atoms with Gasteiger partial charge in [0.15, 0.2) is 5.79 Å². The van der Waals surface area contributed by atoms with E-state index in [1.165, 1.54) is 12.8 Å². The van der Waals surface area contributed by atoms with E-state index < -0.39 is 0 Å². The fourth-order valence-corrected chi connectivity index (χ4v) is 4.61.